The van der Waals surface area contributed by atoms with Gasteiger partial charge in [-0.25, -0.2) is 4.79 Å². The van der Waals surface area contributed by atoms with Crippen LogP contribution in [0.25, 0.3) is 0 Å². The van der Waals surface area contributed by atoms with E-state index < -0.39 is 12.0 Å². The van der Waals surface area contributed by atoms with Crippen LogP contribution in [-0.2, 0) is 22.4 Å². The summed E-state index contributed by atoms with van der Waals surface area (Å²) in [6.45, 7) is 0.591. The fourth-order valence-electron chi connectivity index (χ4n) is 3.60. The predicted octanol–water partition coefficient (Wildman–Crippen LogP) is 2.26. The number of hydrogen-bond acceptors (Lipinski definition) is 2. The maximum atomic E-state index is 12.7. The number of aryl methyl sites for hydroxylation is 1. The summed E-state index contributed by atoms with van der Waals surface area (Å²) in [6, 6.07) is 7.62. The number of carbonyl (C=O) groups is 2. The Morgan fingerprint density at radius 1 is 1.10 bits per heavy atom. The number of carboxylic acid groups (broad SMARTS) is 1. The van der Waals surface area contributed by atoms with Gasteiger partial charge in [0.15, 0.2) is 0 Å². The van der Waals surface area contributed by atoms with Gasteiger partial charge in [0.25, 0.3) is 0 Å². The van der Waals surface area contributed by atoms with Crippen molar-refractivity contribution in [3.63, 3.8) is 0 Å². The normalized spacial score (nSPS) is 25.2. The highest BCUT2D eigenvalue weighted by Gasteiger charge is 2.36. The summed E-state index contributed by atoms with van der Waals surface area (Å²) in [5, 5.41) is 9.32. The molecule has 1 unspecified atom stereocenters. The molecule has 0 aromatic heterocycles. The van der Waals surface area contributed by atoms with E-state index >= 15 is 0 Å². The summed E-state index contributed by atoms with van der Waals surface area (Å²) in [7, 11) is 0. The molecule has 1 N–H and O–H groups in total. The third-order valence-electron chi connectivity index (χ3n) is 4.77. The second kappa shape index (κ2) is 5.88. The van der Waals surface area contributed by atoms with E-state index in [4.69, 9.17) is 0 Å². The Morgan fingerprint density at radius 2 is 1.86 bits per heavy atom. The molecule has 3 rings (SSSR count). The molecule has 1 heterocycles. The molecule has 1 saturated heterocycles. The van der Waals surface area contributed by atoms with Gasteiger partial charge in [0.05, 0.1) is 0 Å². The predicted molar refractivity (Wildman–Crippen MR) is 78.9 cm³/mol. The number of amides is 1. The van der Waals surface area contributed by atoms with E-state index in [1.54, 1.807) is 4.90 Å². The Balaban J connectivity index is 1.75. The van der Waals surface area contributed by atoms with Crippen LogP contribution in [-0.4, -0.2) is 34.5 Å². The molecule has 21 heavy (non-hydrogen) atoms. The lowest BCUT2D eigenvalue weighted by Gasteiger charge is -2.36. The lowest BCUT2D eigenvalue weighted by Crippen LogP contribution is -2.50. The fourth-order valence-corrected chi connectivity index (χ4v) is 3.60. The maximum absolute atomic E-state index is 12.7. The molecule has 4 nitrogen and oxygen atoms in total. The summed E-state index contributed by atoms with van der Waals surface area (Å²) in [6.07, 6.45) is 4.89. The molecule has 2 aliphatic rings. The van der Waals surface area contributed by atoms with Crippen LogP contribution in [0.3, 0.4) is 0 Å². The number of benzene rings is 1. The first-order valence-electron chi connectivity index (χ1n) is 7.77. The summed E-state index contributed by atoms with van der Waals surface area (Å²) < 4.78 is 0. The molecular formula is C17H21NO3. The minimum Gasteiger partial charge on any atom is -0.480 e. The van der Waals surface area contributed by atoms with Gasteiger partial charge in [-0.3, -0.25) is 4.79 Å². The van der Waals surface area contributed by atoms with Crippen molar-refractivity contribution in [2.45, 2.75) is 44.6 Å². The van der Waals surface area contributed by atoms with Crippen molar-refractivity contribution in [3.05, 3.63) is 35.4 Å². The van der Waals surface area contributed by atoms with Crippen molar-refractivity contribution in [1.82, 2.24) is 4.90 Å². The van der Waals surface area contributed by atoms with Crippen molar-refractivity contribution in [2.24, 2.45) is 5.92 Å². The number of rotatable bonds is 2. The quantitative estimate of drug-likeness (QED) is 0.907. The van der Waals surface area contributed by atoms with Gasteiger partial charge in [-0.1, -0.05) is 24.3 Å². The highest BCUT2D eigenvalue weighted by atomic mass is 16.4. The van der Waals surface area contributed by atoms with Crippen LogP contribution in [0.1, 0.15) is 36.8 Å². The van der Waals surface area contributed by atoms with Crippen LogP contribution in [0.4, 0.5) is 0 Å². The number of carbonyl (C=O) groups excluding carboxylic acids is 1. The van der Waals surface area contributed by atoms with E-state index in [1.165, 1.54) is 11.1 Å². The molecular weight excluding hydrogens is 266 g/mol. The SMILES string of the molecule is O=C(O)[C@H]1CCCCN1C(=O)C1CCc2ccccc2C1. The molecule has 0 radical (unpaired) electrons. The van der Waals surface area contributed by atoms with E-state index in [0.29, 0.717) is 13.0 Å². The van der Waals surface area contributed by atoms with Gasteiger partial charge in [-0.05, 0) is 49.7 Å². The molecule has 2 atom stereocenters. The minimum atomic E-state index is -0.862. The first-order valence-corrected chi connectivity index (χ1v) is 7.77. The van der Waals surface area contributed by atoms with E-state index in [9.17, 15) is 14.7 Å². The van der Waals surface area contributed by atoms with Gasteiger partial charge in [0.1, 0.15) is 6.04 Å². The van der Waals surface area contributed by atoms with E-state index in [1.807, 2.05) is 12.1 Å². The number of carboxylic acids is 1. The smallest absolute Gasteiger partial charge is 0.326 e. The van der Waals surface area contributed by atoms with Crippen molar-refractivity contribution in [2.75, 3.05) is 6.54 Å². The third-order valence-corrected chi connectivity index (χ3v) is 4.77. The van der Waals surface area contributed by atoms with Crippen molar-refractivity contribution in [3.8, 4) is 0 Å². The second-order valence-corrected chi connectivity index (χ2v) is 6.09. The number of nitrogens with zero attached hydrogens (tertiary/aromatic N) is 1. The Kier molecular flexibility index (Phi) is 3.95. The molecule has 112 valence electrons. The number of aliphatic carboxylic acids is 1. The maximum Gasteiger partial charge on any atom is 0.326 e. The van der Waals surface area contributed by atoms with E-state index in [-0.39, 0.29) is 11.8 Å². The lowest BCUT2D eigenvalue weighted by atomic mass is 9.82. The topological polar surface area (TPSA) is 57.6 Å². The highest BCUT2D eigenvalue weighted by Crippen LogP contribution is 2.29. The lowest BCUT2D eigenvalue weighted by molar-refractivity contribution is -0.154. The van der Waals surface area contributed by atoms with Crippen LogP contribution in [0.15, 0.2) is 24.3 Å². The van der Waals surface area contributed by atoms with Gasteiger partial charge in [0, 0.05) is 12.5 Å². The van der Waals surface area contributed by atoms with Gasteiger partial charge in [-0.2, -0.15) is 0 Å². The van der Waals surface area contributed by atoms with Gasteiger partial charge >= 0.3 is 5.97 Å². The van der Waals surface area contributed by atoms with Crippen molar-refractivity contribution < 1.29 is 14.7 Å². The molecule has 1 aromatic carbocycles. The van der Waals surface area contributed by atoms with Gasteiger partial charge < -0.3 is 10.0 Å². The molecule has 1 aromatic rings. The average molecular weight is 287 g/mol. The summed E-state index contributed by atoms with van der Waals surface area (Å²) in [5.41, 5.74) is 2.57. The van der Waals surface area contributed by atoms with Gasteiger partial charge in [0.2, 0.25) is 5.91 Å². The van der Waals surface area contributed by atoms with Crippen LogP contribution < -0.4 is 0 Å². The Labute approximate surface area is 124 Å². The third kappa shape index (κ3) is 2.80. The molecule has 1 fully saturated rings. The molecule has 0 bridgehead atoms. The second-order valence-electron chi connectivity index (χ2n) is 6.09. The number of likely N-dealkylation sites (tertiary alicyclic amines) is 1. The van der Waals surface area contributed by atoms with Crippen molar-refractivity contribution in [1.29, 1.82) is 0 Å². The molecule has 1 amide bonds. The monoisotopic (exact) mass is 287 g/mol. The fraction of sp³-hybridized carbons (Fsp3) is 0.529. The Morgan fingerprint density at radius 3 is 2.62 bits per heavy atom. The number of piperidine rings is 1. The van der Waals surface area contributed by atoms with Gasteiger partial charge in [-0.15, -0.1) is 0 Å². The molecule has 4 heteroatoms. The zero-order valence-electron chi connectivity index (χ0n) is 12.1. The van der Waals surface area contributed by atoms with Crippen molar-refractivity contribution >= 4 is 11.9 Å². The largest absolute Gasteiger partial charge is 0.480 e. The van der Waals surface area contributed by atoms with Crippen LogP contribution in [0.5, 0.6) is 0 Å². The molecule has 0 spiro atoms. The summed E-state index contributed by atoms with van der Waals surface area (Å²) in [4.78, 5) is 25.7. The molecule has 0 saturated carbocycles. The van der Waals surface area contributed by atoms with Crippen LogP contribution in [0.2, 0.25) is 0 Å². The first-order chi connectivity index (χ1) is 10.2. The van der Waals surface area contributed by atoms with Crippen LogP contribution >= 0.6 is 0 Å². The molecule has 1 aliphatic carbocycles. The summed E-state index contributed by atoms with van der Waals surface area (Å²) in [5.74, 6) is -0.879. The zero-order chi connectivity index (χ0) is 14.8. The Hall–Kier alpha value is -1.84. The number of fused-ring (bicyclic) bond motifs is 1. The average Bonchev–Trinajstić information content (AvgIpc) is 2.53. The minimum absolute atomic E-state index is 0.0385. The zero-order valence-corrected chi connectivity index (χ0v) is 12.1. The Bertz CT molecular complexity index is 555. The first kappa shape index (κ1) is 14.1. The number of hydrogen-bond donors (Lipinski definition) is 1. The standard InChI is InChI=1S/C17H21NO3/c19-16(18-10-4-3-7-15(18)17(20)21)14-9-8-12-5-1-2-6-13(12)11-14/h1-2,5-6,14-15H,3-4,7-11H2,(H,20,21)/t14?,15-/m1/s1. The molecule has 1 aliphatic heterocycles. The summed E-state index contributed by atoms with van der Waals surface area (Å²) >= 11 is 0. The van der Waals surface area contributed by atoms with E-state index in [2.05, 4.69) is 12.1 Å². The van der Waals surface area contributed by atoms with Crippen LogP contribution in [0, 0.1) is 5.92 Å². The highest BCUT2D eigenvalue weighted by molar-refractivity contribution is 5.85. The van der Waals surface area contributed by atoms with E-state index in [0.717, 1.165) is 32.1 Å².